The van der Waals surface area contributed by atoms with Crippen LogP contribution in [-0.2, 0) is 10.7 Å². The van der Waals surface area contributed by atoms with Crippen molar-refractivity contribution in [1.29, 1.82) is 0 Å². The van der Waals surface area contributed by atoms with Gasteiger partial charge in [0, 0.05) is 5.92 Å². The highest BCUT2D eigenvalue weighted by molar-refractivity contribution is 7.73. The topological polar surface area (TPSA) is 34.1 Å². The van der Waals surface area contributed by atoms with Crippen molar-refractivity contribution in [3.05, 3.63) is 0 Å². The Labute approximate surface area is 53.8 Å². The number of hydrogen-bond donors (Lipinski definition) is 1. The number of hydrogen-bond acceptors (Lipinski definition) is 2. The van der Waals surface area contributed by atoms with E-state index in [1.807, 2.05) is 0 Å². The van der Waals surface area contributed by atoms with Gasteiger partial charge >= 0.3 is 5.25 Å². The van der Waals surface area contributed by atoms with Crippen molar-refractivity contribution in [2.24, 2.45) is 5.92 Å². The molecule has 2 nitrogen and oxygen atoms in total. The molecule has 0 unspecified atom stereocenters. The van der Waals surface area contributed by atoms with Gasteiger partial charge in [0.1, 0.15) is 0 Å². The molecular weight excluding hydrogens is 150 g/mol. The quantitative estimate of drug-likeness (QED) is 0.604. The molecule has 0 rings (SSSR count). The van der Waals surface area contributed by atoms with E-state index in [4.69, 9.17) is 0 Å². The number of alkyl halides is 2. The highest BCUT2D eigenvalue weighted by Crippen LogP contribution is 2.23. The van der Waals surface area contributed by atoms with E-state index in [-0.39, 0.29) is 0 Å². The van der Waals surface area contributed by atoms with Crippen molar-refractivity contribution >= 4 is 10.7 Å². The largest absolute Gasteiger partial charge is 0.345 e. The lowest BCUT2D eigenvalue weighted by atomic mass is 10.2. The monoisotopic (exact) mass is 158 g/mol. The van der Waals surface area contributed by atoms with Crippen LogP contribution in [0.4, 0.5) is 8.78 Å². The summed E-state index contributed by atoms with van der Waals surface area (Å²) in [5.74, 6) is -1.14. The van der Waals surface area contributed by atoms with E-state index in [0.29, 0.717) is 0 Å². The summed E-state index contributed by atoms with van der Waals surface area (Å²) >= 11 is 0. The Balaban J connectivity index is 4.38. The lowest BCUT2D eigenvalue weighted by Gasteiger charge is -2.11. The summed E-state index contributed by atoms with van der Waals surface area (Å²) < 4.78 is 43.6. The maximum absolute atomic E-state index is 12.1. The molecule has 5 heteroatoms. The fraction of sp³-hybridized carbons (Fsp3) is 1.00. The molecule has 0 aromatic rings. The molecule has 56 valence electrons. The van der Waals surface area contributed by atoms with Crippen LogP contribution in [0.2, 0.25) is 0 Å². The molecule has 0 aliphatic heterocycles. The van der Waals surface area contributed by atoms with Gasteiger partial charge in [0.15, 0.2) is 0 Å². The minimum Gasteiger partial charge on any atom is -0.226 e. The van der Waals surface area contributed by atoms with Crippen LogP contribution < -0.4 is 0 Å². The van der Waals surface area contributed by atoms with Gasteiger partial charge in [-0.3, -0.25) is 0 Å². The summed E-state index contributed by atoms with van der Waals surface area (Å²) in [5.41, 5.74) is 0. The van der Waals surface area contributed by atoms with Crippen LogP contribution in [0.5, 0.6) is 0 Å². The van der Waals surface area contributed by atoms with Crippen LogP contribution in [0.3, 0.4) is 0 Å². The first kappa shape index (κ1) is 8.81. The zero-order valence-corrected chi connectivity index (χ0v) is 5.99. The van der Waals surface area contributed by atoms with E-state index in [1.54, 1.807) is 0 Å². The molecule has 0 aliphatic carbocycles. The van der Waals surface area contributed by atoms with Gasteiger partial charge in [0.25, 0.3) is 0 Å². The fourth-order valence-electron chi connectivity index (χ4n) is 0.211. The van der Waals surface area contributed by atoms with Gasteiger partial charge in [-0.1, -0.05) is 13.8 Å². The molecule has 0 aromatic heterocycles. The lowest BCUT2D eigenvalue weighted by molar-refractivity contribution is 0.0464. The second-order valence-electron chi connectivity index (χ2n) is 2.00. The van der Waals surface area contributed by atoms with Crippen molar-refractivity contribution in [1.82, 2.24) is 0 Å². The highest BCUT2D eigenvalue weighted by Gasteiger charge is 2.36. The molecule has 0 aliphatic rings. The number of thiol groups is 1. The van der Waals surface area contributed by atoms with Gasteiger partial charge in [-0.15, -0.1) is 0 Å². The van der Waals surface area contributed by atoms with Crippen molar-refractivity contribution in [3.8, 4) is 0 Å². The van der Waals surface area contributed by atoms with Gasteiger partial charge < -0.3 is 0 Å². The van der Waals surface area contributed by atoms with Gasteiger partial charge in [-0.25, -0.2) is 8.42 Å². The third-order valence-corrected chi connectivity index (χ3v) is 1.94. The Morgan fingerprint density at radius 3 is 1.67 bits per heavy atom. The molecule has 0 amide bonds. The smallest absolute Gasteiger partial charge is 0.226 e. The van der Waals surface area contributed by atoms with Crippen molar-refractivity contribution in [3.63, 3.8) is 0 Å². The second-order valence-corrected chi connectivity index (χ2v) is 3.11. The first-order chi connectivity index (χ1) is 3.89. The van der Waals surface area contributed by atoms with Crippen LogP contribution in [0, 0.1) is 5.92 Å². The zero-order chi connectivity index (χ0) is 7.65. The molecule has 0 radical (unpaired) electrons. The summed E-state index contributed by atoms with van der Waals surface area (Å²) in [6.45, 7) is 2.32. The third kappa shape index (κ3) is 1.89. The molecule has 0 saturated carbocycles. The minimum absolute atomic E-state index is 1.14. The Kier molecular flexibility index (Phi) is 2.54. The molecule has 0 saturated heterocycles. The number of rotatable bonds is 2. The number of halogens is 2. The molecule has 0 heterocycles. The molecular formula is C4H8F2O2S. The second kappa shape index (κ2) is 2.60. The van der Waals surface area contributed by atoms with E-state index in [9.17, 15) is 17.2 Å². The lowest BCUT2D eigenvalue weighted by Crippen LogP contribution is -2.24. The normalized spacial score (nSPS) is 13.1. The molecule has 0 aromatic carbocycles. The Morgan fingerprint density at radius 2 is 1.67 bits per heavy atom. The van der Waals surface area contributed by atoms with Crippen molar-refractivity contribution in [2.75, 3.05) is 0 Å². The third-order valence-electron chi connectivity index (χ3n) is 0.938. The minimum atomic E-state index is -3.62. The van der Waals surface area contributed by atoms with E-state index in [2.05, 4.69) is 0 Å². The Bertz CT molecular complexity index is 154. The average Bonchev–Trinajstić information content (AvgIpc) is 1.65. The van der Waals surface area contributed by atoms with E-state index in [0.717, 1.165) is 13.8 Å². The first-order valence-corrected chi connectivity index (χ1v) is 3.59. The van der Waals surface area contributed by atoms with Crippen LogP contribution >= 0.6 is 0 Å². The van der Waals surface area contributed by atoms with Gasteiger partial charge in [0.05, 0.1) is 0 Å². The summed E-state index contributed by atoms with van der Waals surface area (Å²) in [5, 5.41) is -3.55. The predicted molar refractivity (Wildman–Crippen MR) is 30.1 cm³/mol. The Hall–Kier alpha value is -0.190. The summed E-state index contributed by atoms with van der Waals surface area (Å²) in [7, 11) is -3.62. The van der Waals surface area contributed by atoms with Crippen molar-refractivity contribution in [2.45, 2.75) is 19.1 Å². The molecule has 0 bridgehead atoms. The molecule has 9 heavy (non-hydrogen) atoms. The first-order valence-electron chi connectivity index (χ1n) is 2.41. The van der Waals surface area contributed by atoms with Gasteiger partial charge in [-0.05, 0) is 0 Å². The fourth-order valence-corrected chi connectivity index (χ4v) is 0.632. The zero-order valence-electron chi connectivity index (χ0n) is 5.10. The van der Waals surface area contributed by atoms with Crippen LogP contribution in [0.15, 0.2) is 0 Å². The summed E-state index contributed by atoms with van der Waals surface area (Å²) in [4.78, 5) is 0. The van der Waals surface area contributed by atoms with E-state index >= 15 is 0 Å². The maximum Gasteiger partial charge on any atom is 0.345 e. The van der Waals surface area contributed by atoms with Crippen LogP contribution in [0.25, 0.3) is 0 Å². The average molecular weight is 158 g/mol. The van der Waals surface area contributed by atoms with Gasteiger partial charge in [0.2, 0.25) is 10.7 Å². The van der Waals surface area contributed by atoms with Crippen LogP contribution in [-0.4, -0.2) is 13.7 Å². The standard InChI is InChI=1S/C4H8F2O2S/c1-3(2)4(5,6)9(7)8/h3,9H,1-2H3. The molecule has 0 N–H and O–H groups in total. The van der Waals surface area contributed by atoms with E-state index < -0.39 is 21.9 Å². The summed E-state index contributed by atoms with van der Waals surface area (Å²) in [6, 6.07) is 0. The van der Waals surface area contributed by atoms with Gasteiger partial charge in [-0.2, -0.15) is 8.78 Å². The molecule has 0 spiro atoms. The highest BCUT2D eigenvalue weighted by atomic mass is 32.2. The molecule has 0 atom stereocenters. The van der Waals surface area contributed by atoms with E-state index in [1.165, 1.54) is 0 Å². The Morgan fingerprint density at radius 1 is 1.33 bits per heavy atom. The molecule has 0 fully saturated rings. The van der Waals surface area contributed by atoms with Crippen LogP contribution in [0.1, 0.15) is 13.8 Å². The summed E-state index contributed by atoms with van der Waals surface area (Å²) in [6.07, 6.45) is 0. The predicted octanol–water partition coefficient (Wildman–Crippen LogP) is 0.847. The van der Waals surface area contributed by atoms with Crippen molar-refractivity contribution < 1.29 is 17.2 Å². The maximum atomic E-state index is 12.1. The SMILES string of the molecule is CC(C)C(F)(F)[SH](=O)=O.